The maximum absolute atomic E-state index is 12.4. The van der Waals surface area contributed by atoms with Crippen LogP contribution in [0, 0.1) is 0 Å². The first-order chi connectivity index (χ1) is 12.0. The van der Waals surface area contributed by atoms with Gasteiger partial charge < -0.3 is 11.1 Å². The molecule has 0 bridgehead atoms. The summed E-state index contributed by atoms with van der Waals surface area (Å²) < 4.78 is 4.16. The van der Waals surface area contributed by atoms with Gasteiger partial charge in [-0.1, -0.05) is 42.5 Å². The van der Waals surface area contributed by atoms with Gasteiger partial charge in [-0.2, -0.15) is 4.37 Å². The topological polar surface area (TPSA) is 85.1 Å². The molecule has 3 rings (SSSR count). The van der Waals surface area contributed by atoms with Crippen molar-refractivity contribution < 1.29 is 9.59 Å². The number of nitrogens with two attached hydrogens (primary N) is 1. The minimum Gasteiger partial charge on any atom is -0.365 e. The number of benzene rings is 2. The zero-order valence-electron chi connectivity index (χ0n) is 13.6. The van der Waals surface area contributed by atoms with E-state index in [1.807, 2.05) is 49.4 Å². The van der Waals surface area contributed by atoms with Gasteiger partial charge in [-0.15, -0.1) is 0 Å². The molecule has 3 aromatic rings. The van der Waals surface area contributed by atoms with Crippen LogP contribution in [0.4, 0.5) is 0 Å². The largest absolute Gasteiger partial charge is 0.365 e. The van der Waals surface area contributed by atoms with Gasteiger partial charge in [-0.05, 0) is 47.8 Å². The molecule has 0 radical (unpaired) electrons. The lowest BCUT2D eigenvalue weighted by molar-refractivity contribution is 0.0938. The van der Waals surface area contributed by atoms with Crippen molar-refractivity contribution in [3.05, 3.63) is 76.8 Å². The Morgan fingerprint density at radius 3 is 2.28 bits per heavy atom. The molecule has 126 valence electrons. The molecule has 0 spiro atoms. The van der Waals surface area contributed by atoms with Crippen LogP contribution in [-0.2, 0) is 0 Å². The Labute approximate surface area is 149 Å². The number of carbonyl (C=O) groups excluding carboxylic acids is 2. The molecule has 0 aliphatic carbocycles. The minimum absolute atomic E-state index is 0.194. The normalized spacial score (nSPS) is 11.7. The van der Waals surface area contributed by atoms with Crippen LogP contribution in [0.1, 0.15) is 38.7 Å². The molecule has 0 saturated heterocycles. The summed E-state index contributed by atoms with van der Waals surface area (Å²) >= 11 is 1.03. The number of aromatic nitrogens is 1. The predicted octanol–water partition coefficient (Wildman–Crippen LogP) is 3.40. The molecule has 1 heterocycles. The molecule has 0 aliphatic heterocycles. The van der Waals surface area contributed by atoms with Crippen LogP contribution in [-0.4, -0.2) is 16.2 Å². The van der Waals surface area contributed by atoms with Gasteiger partial charge in [0, 0.05) is 5.56 Å². The number of hydrogen-bond donors (Lipinski definition) is 2. The summed E-state index contributed by atoms with van der Waals surface area (Å²) in [5, 5.41) is 2.88. The lowest BCUT2D eigenvalue weighted by Gasteiger charge is -2.12. The van der Waals surface area contributed by atoms with Gasteiger partial charge in [0.2, 0.25) is 0 Å². The van der Waals surface area contributed by atoms with Crippen molar-refractivity contribution in [2.75, 3.05) is 0 Å². The van der Waals surface area contributed by atoms with Crippen molar-refractivity contribution in [3.8, 4) is 11.1 Å². The molecule has 0 aliphatic rings. The van der Waals surface area contributed by atoms with Crippen molar-refractivity contribution in [3.63, 3.8) is 0 Å². The first-order valence-corrected chi connectivity index (χ1v) is 8.54. The monoisotopic (exact) mass is 351 g/mol. The molecule has 25 heavy (non-hydrogen) atoms. The van der Waals surface area contributed by atoms with E-state index in [-0.39, 0.29) is 11.9 Å². The van der Waals surface area contributed by atoms with E-state index in [9.17, 15) is 9.59 Å². The van der Waals surface area contributed by atoms with E-state index in [0.717, 1.165) is 22.7 Å². The van der Waals surface area contributed by atoms with Crippen LogP contribution in [0.25, 0.3) is 11.1 Å². The Morgan fingerprint density at radius 1 is 1.04 bits per heavy atom. The van der Waals surface area contributed by atoms with E-state index in [0.29, 0.717) is 16.1 Å². The third kappa shape index (κ3) is 3.92. The molecule has 0 saturated carbocycles. The molecular formula is C19H17N3O2S. The number of amides is 2. The summed E-state index contributed by atoms with van der Waals surface area (Å²) in [6, 6.07) is 18.7. The van der Waals surface area contributed by atoms with E-state index < -0.39 is 5.91 Å². The molecule has 5 nitrogen and oxygen atoms in total. The van der Waals surface area contributed by atoms with Crippen LogP contribution in [0.5, 0.6) is 0 Å². The molecular weight excluding hydrogens is 334 g/mol. The van der Waals surface area contributed by atoms with Gasteiger partial charge >= 0.3 is 0 Å². The standard InChI is InChI=1S/C19H17N3O2S/c1-12(16-11-17(18(20)23)25-22-16)21-19(24)15-9-7-14(8-10-15)13-5-3-2-4-6-13/h2-12H,1H3,(H2,20,23)(H,21,24). The summed E-state index contributed by atoms with van der Waals surface area (Å²) in [4.78, 5) is 23.9. The maximum Gasteiger partial charge on any atom is 0.260 e. The molecule has 6 heteroatoms. The van der Waals surface area contributed by atoms with Gasteiger partial charge in [-0.3, -0.25) is 9.59 Å². The smallest absolute Gasteiger partial charge is 0.260 e. The van der Waals surface area contributed by atoms with Crippen LogP contribution in [0.3, 0.4) is 0 Å². The van der Waals surface area contributed by atoms with Crippen LogP contribution < -0.4 is 11.1 Å². The number of carbonyl (C=O) groups is 2. The van der Waals surface area contributed by atoms with Gasteiger partial charge in [0.15, 0.2) is 0 Å². The van der Waals surface area contributed by atoms with Crippen molar-refractivity contribution >= 4 is 23.3 Å². The third-order valence-electron chi connectivity index (χ3n) is 3.82. The molecule has 1 atom stereocenters. The summed E-state index contributed by atoms with van der Waals surface area (Å²) in [5.41, 5.74) is 8.56. The first-order valence-electron chi connectivity index (χ1n) is 7.77. The van der Waals surface area contributed by atoms with Crippen LogP contribution in [0.2, 0.25) is 0 Å². The Bertz CT molecular complexity index is 889. The van der Waals surface area contributed by atoms with Crippen LogP contribution in [0.15, 0.2) is 60.7 Å². The first kappa shape index (κ1) is 16.9. The molecule has 3 N–H and O–H groups in total. The highest BCUT2D eigenvalue weighted by Gasteiger charge is 2.16. The number of hydrogen-bond acceptors (Lipinski definition) is 4. The minimum atomic E-state index is -0.515. The van der Waals surface area contributed by atoms with Gasteiger partial charge in [-0.25, -0.2) is 0 Å². The Morgan fingerprint density at radius 2 is 1.68 bits per heavy atom. The van der Waals surface area contributed by atoms with Gasteiger partial charge in [0.25, 0.3) is 11.8 Å². The summed E-state index contributed by atoms with van der Waals surface area (Å²) in [7, 11) is 0. The van der Waals surface area contributed by atoms with E-state index in [4.69, 9.17) is 5.73 Å². The number of primary amides is 1. The average Bonchev–Trinajstić information content (AvgIpc) is 3.13. The van der Waals surface area contributed by atoms with Gasteiger partial charge in [0.1, 0.15) is 4.88 Å². The van der Waals surface area contributed by atoms with E-state index in [2.05, 4.69) is 9.69 Å². The van der Waals surface area contributed by atoms with Crippen molar-refractivity contribution in [2.45, 2.75) is 13.0 Å². The predicted molar refractivity (Wildman–Crippen MR) is 98.4 cm³/mol. The fraction of sp³-hybridized carbons (Fsp3) is 0.105. The van der Waals surface area contributed by atoms with Crippen molar-refractivity contribution in [1.29, 1.82) is 0 Å². The average molecular weight is 351 g/mol. The summed E-state index contributed by atoms with van der Waals surface area (Å²) in [5.74, 6) is -0.709. The fourth-order valence-electron chi connectivity index (χ4n) is 2.41. The van der Waals surface area contributed by atoms with Gasteiger partial charge in [0.05, 0.1) is 11.7 Å². The molecule has 1 unspecified atom stereocenters. The number of nitrogens with one attached hydrogen (secondary N) is 1. The second-order valence-electron chi connectivity index (χ2n) is 5.62. The zero-order chi connectivity index (χ0) is 17.8. The quantitative estimate of drug-likeness (QED) is 0.739. The highest BCUT2D eigenvalue weighted by molar-refractivity contribution is 7.08. The number of nitrogens with zero attached hydrogens (tertiary/aromatic N) is 1. The van der Waals surface area contributed by atoms with Crippen molar-refractivity contribution in [1.82, 2.24) is 9.69 Å². The fourth-order valence-corrected chi connectivity index (χ4v) is 3.09. The molecule has 0 fully saturated rings. The third-order valence-corrected chi connectivity index (χ3v) is 4.63. The molecule has 1 aromatic heterocycles. The van der Waals surface area contributed by atoms with Crippen LogP contribution >= 0.6 is 11.5 Å². The van der Waals surface area contributed by atoms with Crippen molar-refractivity contribution in [2.24, 2.45) is 5.73 Å². The second-order valence-corrected chi connectivity index (χ2v) is 6.42. The second kappa shape index (κ2) is 7.27. The highest BCUT2D eigenvalue weighted by atomic mass is 32.1. The summed E-state index contributed by atoms with van der Waals surface area (Å²) in [6.07, 6.45) is 0. The SMILES string of the molecule is CC(NC(=O)c1ccc(-c2ccccc2)cc1)c1cc(C(N)=O)sn1. The summed E-state index contributed by atoms with van der Waals surface area (Å²) in [6.45, 7) is 1.82. The molecule has 2 aromatic carbocycles. The van der Waals surface area contributed by atoms with E-state index >= 15 is 0 Å². The Kier molecular flexibility index (Phi) is 4.90. The number of rotatable bonds is 5. The lowest BCUT2D eigenvalue weighted by atomic mass is 10.0. The van der Waals surface area contributed by atoms with E-state index in [1.165, 1.54) is 0 Å². The maximum atomic E-state index is 12.4. The Hall–Kier alpha value is -2.99. The lowest BCUT2D eigenvalue weighted by Crippen LogP contribution is -2.26. The zero-order valence-corrected chi connectivity index (χ0v) is 14.4. The Balaban J connectivity index is 1.69. The highest BCUT2D eigenvalue weighted by Crippen LogP contribution is 2.20. The molecule has 2 amide bonds. The van der Waals surface area contributed by atoms with E-state index in [1.54, 1.807) is 18.2 Å².